The van der Waals surface area contributed by atoms with Crippen LogP contribution in [-0.4, -0.2) is 31.6 Å². The number of ether oxygens (including phenoxy) is 1. The summed E-state index contributed by atoms with van der Waals surface area (Å²) in [5.74, 6) is 0. The Bertz CT molecular complexity index is 41.3. The first-order valence-corrected chi connectivity index (χ1v) is 2.51. The van der Waals surface area contributed by atoms with Crippen LogP contribution in [0.3, 0.4) is 0 Å². The molecule has 0 aromatic carbocycles. The van der Waals surface area contributed by atoms with Gasteiger partial charge in [-0.1, -0.05) is 0 Å². The molecule has 0 N–H and O–H groups in total. The van der Waals surface area contributed by atoms with Crippen LogP contribution in [0.4, 0.5) is 0 Å². The molecule has 0 amide bonds. The second-order valence-corrected chi connectivity index (χ2v) is 1.82. The van der Waals surface area contributed by atoms with E-state index in [9.17, 15) is 0 Å². The zero-order chi connectivity index (χ0) is 4.41. The van der Waals surface area contributed by atoms with Gasteiger partial charge in [0.05, 0.1) is 6.10 Å². The third-order valence-electron chi connectivity index (χ3n) is 1.16. The van der Waals surface area contributed by atoms with Crippen LogP contribution in [0, 0.1) is 0 Å². The van der Waals surface area contributed by atoms with Crippen molar-refractivity contribution in [2.24, 2.45) is 0 Å². The van der Waals surface area contributed by atoms with Crippen LogP contribution in [0.1, 0.15) is 19.8 Å². The summed E-state index contributed by atoms with van der Waals surface area (Å²) in [6.45, 7) is 3.11. The molecule has 0 aromatic heterocycles. The van der Waals surface area contributed by atoms with E-state index in [1.54, 1.807) is 0 Å². The van der Waals surface area contributed by atoms with E-state index in [1.807, 2.05) is 0 Å². The van der Waals surface area contributed by atoms with Crippen LogP contribution in [0.2, 0.25) is 0 Å². The third kappa shape index (κ3) is 2.38. The molecule has 38 valence electrons. The van der Waals surface area contributed by atoms with Gasteiger partial charge in [-0.2, -0.15) is 0 Å². The fraction of sp³-hybridized carbons (Fsp3) is 1.00. The van der Waals surface area contributed by atoms with Crippen molar-refractivity contribution >= 4 is 18.9 Å². The second-order valence-electron chi connectivity index (χ2n) is 1.82. The van der Waals surface area contributed by atoms with Crippen molar-refractivity contribution in [3.8, 4) is 0 Å². The van der Waals surface area contributed by atoms with Gasteiger partial charge in [0.15, 0.2) is 0 Å². The quantitative estimate of drug-likeness (QED) is 0.398. The standard InChI is InChI=1S/C5H10O.Li.H/c1-5-3-2-4-6-5;;/h5H,2-4H2,1H3;;. The van der Waals surface area contributed by atoms with Gasteiger partial charge in [-0.3, -0.25) is 0 Å². The molecule has 1 nitrogen and oxygen atoms in total. The summed E-state index contributed by atoms with van der Waals surface area (Å²) in [5.41, 5.74) is 0. The van der Waals surface area contributed by atoms with Crippen molar-refractivity contribution in [3.63, 3.8) is 0 Å². The van der Waals surface area contributed by atoms with Crippen molar-refractivity contribution in [3.05, 3.63) is 0 Å². The fourth-order valence-corrected chi connectivity index (χ4v) is 0.739. The summed E-state index contributed by atoms with van der Waals surface area (Å²) in [5, 5.41) is 0. The van der Waals surface area contributed by atoms with Crippen LogP contribution in [0.5, 0.6) is 0 Å². The van der Waals surface area contributed by atoms with Crippen LogP contribution in [0.25, 0.3) is 0 Å². The zero-order valence-corrected chi connectivity index (χ0v) is 4.11. The van der Waals surface area contributed by atoms with Gasteiger partial charge < -0.3 is 4.74 Å². The van der Waals surface area contributed by atoms with Crippen molar-refractivity contribution in [2.45, 2.75) is 25.9 Å². The molecule has 2 heteroatoms. The SMILES string of the molecule is CC1CCCO1.[LiH]. The van der Waals surface area contributed by atoms with E-state index >= 15 is 0 Å². The molecule has 1 heterocycles. The Labute approximate surface area is 56.6 Å². The van der Waals surface area contributed by atoms with Crippen LogP contribution in [-0.2, 0) is 4.74 Å². The molecule has 0 spiro atoms. The third-order valence-corrected chi connectivity index (χ3v) is 1.16. The molecule has 1 aliphatic heterocycles. The molecule has 0 aromatic rings. The van der Waals surface area contributed by atoms with E-state index in [0.717, 1.165) is 6.61 Å². The van der Waals surface area contributed by atoms with Gasteiger partial charge >= 0.3 is 18.9 Å². The second kappa shape index (κ2) is 3.55. The average molecular weight is 94.1 g/mol. The summed E-state index contributed by atoms with van der Waals surface area (Å²) in [7, 11) is 0. The Kier molecular flexibility index (Phi) is 3.83. The molecule has 1 saturated heterocycles. The Hall–Kier alpha value is 0.557. The Morgan fingerprint density at radius 1 is 1.57 bits per heavy atom. The fourth-order valence-electron chi connectivity index (χ4n) is 0.739. The molecule has 1 fully saturated rings. The molecule has 1 unspecified atom stereocenters. The normalized spacial score (nSPS) is 29.6. The minimum atomic E-state index is 0. The van der Waals surface area contributed by atoms with Gasteiger partial charge in [0.25, 0.3) is 0 Å². The van der Waals surface area contributed by atoms with Crippen LogP contribution in [0.15, 0.2) is 0 Å². The molecule has 1 rings (SSSR count). The molecular formula is C5H11LiO. The van der Waals surface area contributed by atoms with Gasteiger partial charge in [-0.05, 0) is 19.8 Å². The van der Waals surface area contributed by atoms with E-state index in [1.165, 1.54) is 12.8 Å². The molecular weight excluding hydrogens is 83.0 g/mol. The summed E-state index contributed by atoms with van der Waals surface area (Å²) < 4.78 is 5.15. The Morgan fingerprint density at radius 2 is 2.29 bits per heavy atom. The van der Waals surface area contributed by atoms with Crippen LogP contribution < -0.4 is 0 Å². The van der Waals surface area contributed by atoms with Gasteiger partial charge in [0.2, 0.25) is 0 Å². The summed E-state index contributed by atoms with van der Waals surface area (Å²) >= 11 is 0. The summed E-state index contributed by atoms with van der Waals surface area (Å²) in [6.07, 6.45) is 3.08. The van der Waals surface area contributed by atoms with E-state index < -0.39 is 0 Å². The van der Waals surface area contributed by atoms with Crippen LogP contribution >= 0.6 is 0 Å². The van der Waals surface area contributed by atoms with Gasteiger partial charge in [-0.15, -0.1) is 0 Å². The number of rotatable bonds is 0. The van der Waals surface area contributed by atoms with E-state index in [4.69, 9.17) is 4.74 Å². The van der Waals surface area contributed by atoms with Crippen molar-refractivity contribution < 1.29 is 4.74 Å². The van der Waals surface area contributed by atoms with E-state index in [2.05, 4.69) is 6.92 Å². The first kappa shape index (κ1) is 7.56. The van der Waals surface area contributed by atoms with Crippen molar-refractivity contribution in [2.75, 3.05) is 6.61 Å². The summed E-state index contributed by atoms with van der Waals surface area (Å²) in [6, 6.07) is 0. The minimum absolute atomic E-state index is 0. The Balaban J connectivity index is 0.000000360. The molecule has 1 atom stereocenters. The maximum absolute atomic E-state index is 5.15. The molecule has 0 bridgehead atoms. The predicted octanol–water partition coefficient (Wildman–Crippen LogP) is 0.537. The number of hydrogen-bond acceptors (Lipinski definition) is 1. The maximum atomic E-state index is 5.15. The zero-order valence-electron chi connectivity index (χ0n) is 4.11. The number of hydrogen-bond donors (Lipinski definition) is 0. The molecule has 7 heavy (non-hydrogen) atoms. The predicted molar refractivity (Wildman–Crippen MR) is 31.8 cm³/mol. The van der Waals surface area contributed by atoms with Crippen molar-refractivity contribution in [1.29, 1.82) is 0 Å². The Morgan fingerprint density at radius 3 is 2.43 bits per heavy atom. The van der Waals surface area contributed by atoms with E-state index in [0.29, 0.717) is 6.10 Å². The molecule has 0 saturated carbocycles. The van der Waals surface area contributed by atoms with Gasteiger partial charge in [-0.25, -0.2) is 0 Å². The van der Waals surface area contributed by atoms with E-state index in [-0.39, 0.29) is 18.9 Å². The van der Waals surface area contributed by atoms with Gasteiger partial charge in [0.1, 0.15) is 0 Å². The van der Waals surface area contributed by atoms with Gasteiger partial charge in [0, 0.05) is 6.61 Å². The first-order valence-electron chi connectivity index (χ1n) is 2.51. The monoisotopic (exact) mass is 94.1 g/mol. The topological polar surface area (TPSA) is 9.23 Å². The molecule has 0 aliphatic carbocycles. The average Bonchev–Trinajstić information content (AvgIpc) is 1.86. The molecule has 1 aliphatic rings. The van der Waals surface area contributed by atoms with Crippen molar-refractivity contribution in [1.82, 2.24) is 0 Å². The molecule has 0 radical (unpaired) electrons. The first-order chi connectivity index (χ1) is 2.89. The summed E-state index contributed by atoms with van der Waals surface area (Å²) in [4.78, 5) is 0.